The van der Waals surface area contributed by atoms with Crippen molar-refractivity contribution >= 4 is 21.2 Å². The van der Waals surface area contributed by atoms with E-state index < -0.39 is 9.73 Å². The molecule has 1 aromatic heterocycles. The average Bonchev–Trinajstić information content (AvgIpc) is 2.37. The van der Waals surface area contributed by atoms with E-state index in [-0.39, 0.29) is 0 Å². The van der Waals surface area contributed by atoms with Crippen LogP contribution in [0.25, 0.3) is 11.3 Å². The first-order valence-electron chi connectivity index (χ1n) is 6.24. The molecule has 0 atom stereocenters. The Morgan fingerprint density at radius 3 is 2.48 bits per heavy atom. The van der Waals surface area contributed by atoms with Crippen molar-refractivity contribution in [2.45, 2.75) is 6.92 Å². The highest BCUT2D eigenvalue weighted by atomic mass is 32.2. The summed E-state index contributed by atoms with van der Waals surface area (Å²) in [6, 6.07) is 3.77. The Bertz CT molecular complexity index is 770. The van der Waals surface area contributed by atoms with Gasteiger partial charge in [0, 0.05) is 27.8 Å². The highest BCUT2D eigenvalue weighted by molar-refractivity contribution is 7.92. The fourth-order valence-electron chi connectivity index (χ4n) is 1.95. The monoisotopic (exact) mass is 306 g/mol. The van der Waals surface area contributed by atoms with Crippen LogP contribution in [0.3, 0.4) is 0 Å². The van der Waals surface area contributed by atoms with Crippen molar-refractivity contribution in [2.24, 2.45) is 4.36 Å². The van der Waals surface area contributed by atoms with Crippen molar-refractivity contribution in [3.8, 4) is 17.0 Å². The lowest BCUT2D eigenvalue weighted by molar-refractivity contribution is 0.418. The number of ether oxygens (including phenoxy) is 1. The van der Waals surface area contributed by atoms with E-state index in [1.807, 2.05) is 19.1 Å². The quantitative estimate of drug-likeness (QED) is 0.879. The van der Waals surface area contributed by atoms with Gasteiger partial charge in [-0.2, -0.15) is 4.36 Å². The number of anilines is 1. The van der Waals surface area contributed by atoms with Crippen molar-refractivity contribution in [2.75, 3.05) is 25.4 Å². The van der Waals surface area contributed by atoms with E-state index in [0.717, 1.165) is 11.1 Å². The van der Waals surface area contributed by atoms with Crippen LogP contribution in [0.2, 0.25) is 0 Å². The molecule has 1 aromatic carbocycles. The standard InChI is InChI=1S/C14H18N4O2S/c1-9-5-10(14(20-2)11(15)6-9)12-7-17-13(8-16-12)18-21(3,4)19/h5-8H,15H2,1-4H3. The van der Waals surface area contributed by atoms with E-state index in [4.69, 9.17) is 10.5 Å². The molecular formula is C14H18N4O2S. The fraction of sp³-hybridized carbons (Fsp3) is 0.286. The summed E-state index contributed by atoms with van der Waals surface area (Å²) in [5, 5.41) is 0. The molecule has 0 saturated carbocycles. The molecule has 0 amide bonds. The lowest BCUT2D eigenvalue weighted by atomic mass is 10.1. The van der Waals surface area contributed by atoms with E-state index in [1.165, 1.54) is 6.20 Å². The topological polar surface area (TPSA) is 90.5 Å². The highest BCUT2D eigenvalue weighted by Crippen LogP contribution is 2.35. The molecule has 0 spiro atoms. The van der Waals surface area contributed by atoms with Crippen molar-refractivity contribution in [3.05, 3.63) is 30.1 Å². The normalized spacial score (nSPS) is 11.2. The van der Waals surface area contributed by atoms with Gasteiger partial charge in [-0.3, -0.25) is 4.98 Å². The maximum absolute atomic E-state index is 11.6. The zero-order chi connectivity index (χ0) is 15.6. The molecule has 2 aromatic rings. The van der Waals surface area contributed by atoms with Crippen LogP contribution in [0.4, 0.5) is 11.5 Å². The summed E-state index contributed by atoms with van der Waals surface area (Å²) >= 11 is 0. The van der Waals surface area contributed by atoms with Crippen LogP contribution in [-0.4, -0.2) is 33.8 Å². The molecule has 0 aliphatic carbocycles. The first-order chi connectivity index (χ1) is 9.80. The summed E-state index contributed by atoms with van der Waals surface area (Å²) in [5.74, 6) is 0.905. The number of nitrogens with two attached hydrogens (primary N) is 1. The average molecular weight is 306 g/mol. The van der Waals surface area contributed by atoms with Crippen LogP contribution in [0, 0.1) is 6.92 Å². The molecular weight excluding hydrogens is 288 g/mol. The number of hydrogen-bond donors (Lipinski definition) is 1. The van der Waals surface area contributed by atoms with Gasteiger partial charge < -0.3 is 10.5 Å². The SMILES string of the molecule is COc1c(N)cc(C)cc1-c1cnc(N=S(C)(C)=O)cn1. The Morgan fingerprint density at radius 1 is 1.24 bits per heavy atom. The van der Waals surface area contributed by atoms with E-state index >= 15 is 0 Å². The van der Waals surface area contributed by atoms with Gasteiger partial charge in [0.15, 0.2) is 11.6 Å². The predicted molar refractivity (Wildman–Crippen MR) is 85.2 cm³/mol. The third-order valence-electron chi connectivity index (χ3n) is 2.69. The molecule has 0 fully saturated rings. The van der Waals surface area contributed by atoms with E-state index in [9.17, 15) is 4.21 Å². The van der Waals surface area contributed by atoms with E-state index in [0.29, 0.717) is 22.9 Å². The summed E-state index contributed by atoms with van der Waals surface area (Å²) in [4.78, 5) is 8.48. The number of benzene rings is 1. The van der Waals surface area contributed by atoms with Gasteiger partial charge >= 0.3 is 0 Å². The maximum atomic E-state index is 11.6. The molecule has 2 N–H and O–H groups in total. The summed E-state index contributed by atoms with van der Waals surface area (Å²) < 4.78 is 21.0. The van der Waals surface area contributed by atoms with Gasteiger partial charge in [-0.25, -0.2) is 9.19 Å². The first-order valence-corrected chi connectivity index (χ1v) is 8.57. The van der Waals surface area contributed by atoms with Gasteiger partial charge in [0.05, 0.1) is 30.9 Å². The second kappa shape index (κ2) is 5.69. The first kappa shape index (κ1) is 15.2. The van der Waals surface area contributed by atoms with Gasteiger partial charge in [-0.05, 0) is 24.6 Å². The molecule has 0 aliphatic rings. The van der Waals surface area contributed by atoms with Gasteiger partial charge in [0.2, 0.25) is 0 Å². The molecule has 1 heterocycles. The summed E-state index contributed by atoms with van der Waals surface area (Å²) in [6.07, 6.45) is 6.15. The van der Waals surface area contributed by atoms with Gasteiger partial charge in [-0.15, -0.1) is 0 Å². The zero-order valence-electron chi connectivity index (χ0n) is 12.5. The molecule has 0 unspecified atom stereocenters. The second-order valence-corrected chi connectivity index (χ2v) is 7.51. The number of hydrogen-bond acceptors (Lipinski definition) is 6. The second-order valence-electron chi connectivity index (χ2n) is 4.97. The minimum atomic E-state index is -2.25. The Morgan fingerprint density at radius 2 is 1.95 bits per heavy atom. The zero-order valence-corrected chi connectivity index (χ0v) is 13.3. The number of nitrogens with zero attached hydrogens (tertiary/aromatic N) is 3. The molecule has 0 radical (unpaired) electrons. The smallest absolute Gasteiger partial charge is 0.180 e. The van der Waals surface area contributed by atoms with Gasteiger partial charge in [0.1, 0.15) is 0 Å². The Balaban J connectivity index is 2.51. The third-order valence-corrected chi connectivity index (χ3v) is 3.32. The van der Waals surface area contributed by atoms with Gasteiger partial charge in [0.25, 0.3) is 0 Å². The molecule has 0 aliphatic heterocycles. The molecule has 0 bridgehead atoms. The van der Waals surface area contributed by atoms with Crippen LogP contribution >= 0.6 is 0 Å². The predicted octanol–water partition coefficient (Wildman–Crippen LogP) is 2.40. The van der Waals surface area contributed by atoms with Crippen molar-refractivity contribution in [3.63, 3.8) is 0 Å². The number of aromatic nitrogens is 2. The lowest BCUT2D eigenvalue weighted by Gasteiger charge is -2.11. The molecule has 0 saturated heterocycles. The Kier molecular flexibility index (Phi) is 4.13. The molecule has 2 rings (SSSR count). The minimum absolute atomic E-state index is 0.341. The largest absolute Gasteiger partial charge is 0.494 e. The minimum Gasteiger partial charge on any atom is -0.494 e. The van der Waals surface area contributed by atoms with E-state index in [2.05, 4.69) is 14.3 Å². The van der Waals surface area contributed by atoms with Gasteiger partial charge in [-0.1, -0.05) is 0 Å². The van der Waals surface area contributed by atoms with Crippen molar-refractivity contribution < 1.29 is 8.95 Å². The Hall–Kier alpha value is -2.15. The Labute approximate surface area is 124 Å². The molecule has 21 heavy (non-hydrogen) atoms. The summed E-state index contributed by atoms with van der Waals surface area (Å²) in [6.45, 7) is 1.94. The summed E-state index contributed by atoms with van der Waals surface area (Å²) in [7, 11) is -0.693. The van der Waals surface area contributed by atoms with Crippen LogP contribution in [0.1, 0.15) is 5.56 Å². The van der Waals surface area contributed by atoms with Crippen molar-refractivity contribution in [1.82, 2.24) is 9.97 Å². The van der Waals surface area contributed by atoms with Crippen LogP contribution in [-0.2, 0) is 9.73 Å². The van der Waals surface area contributed by atoms with Crippen LogP contribution < -0.4 is 10.5 Å². The fourth-order valence-corrected chi connectivity index (χ4v) is 2.50. The molecule has 7 heteroatoms. The van der Waals surface area contributed by atoms with Crippen LogP contribution in [0.15, 0.2) is 28.9 Å². The van der Waals surface area contributed by atoms with Crippen LogP contribution in [0.5, 0.6) is 5.75 Å². The molecule has 112 valence electrons. The number of methoxy groups -OCH3 is 1. The number of rotatable bonds is 3. The maximum Gasteiger partial charge on any atom is 0.180 e. The van der Waals surface area contributed by atoms with Crippen molar-refractivity contribution in [1.29, 1.82) is 0 Å². The molecule has 6 nitrogen and oxygen atoms in total. The third kappa shape index (κ3) is 3.69. The number of nitrogen functional groups attached to an aromatic ring is 1. The number of aryl methyl sites for hydroxylation is 1. The lowest BCUT2D eigenvalue weighted by Crippen LogP contribution is -1.97. The summed E-state index contributed by atoms with van der Waals surface area (Å²) in [5.41, 5.74) is 8.90. The van der Waals surface area contributed by atoms with E-state index in [1.54, 1.807) is 25.8 Å². The highest BCUT2D eigenvalue weighted by Gasteiger charge is 2.12.